The fourth-order valence-electron chi connectivity index (χ4n) is 8.65. The Hall–Kier alpha value is -3.70. The van der Waals surface area contributed by atoms with E-state index in [4.69, 9.17) is 14.5 Å². The summed E-state index contributed by atoms with van der Waals surface area (Å²) in [5.41, 5.74) is 0.308. The van der Waals surface area contributed by atoms with Crippen molar-refractivity contribution < 1.29 is 27.8 Å². The second-order valence-electron chi connectivity index (χ2n) is 13.9. The van der Waals surface area contributed by atoms with Gasteiger partial charge in [-0.1, -0.05) is 13.0 Å². The van der Waals surface area contributed by atoms with Gasteiger partial charge in [0.2, 0.25) is 0 Å². The lowest BCUT2D eigenvalue weighted by Gasteiger charge is -2.31. The highest BCUT2D eigenvalue weighted by Gasteiger charge is 2.49. The number of nitrogens with zero attached hydrogens (tertiary/aromatic N) is 5. The quantitative estimate of drug-likeness (QED) is 0.229. The maximum Gasteiger partial charge on any atom is 0.319 e. The van der Waals surface area contributed by atoms with Gasteiger partial charge in [-0.25, -0.2) is 13.2 Å². The van der Waals surface area contributed by atoms with Crippen LogP contribution in [0.4, 0.5) is 19.0 Å². The van der Waals surface area contributed by atoms with Crippen LogP contribution in [0.1, 0.15) is 51.0 Å². The molecule has 4 aliphatic heterocycles. The number of aromatic nitrogens is 3. The molecule has 4 fully saturated rings. The van der Waals surface area contributed by atoms with Crippen LogP contribution >= 0.6 is 0 Å². The van der Waals surface area contributed by atoms with Crippen molar-refractivity contribution in [1.29, 1.82) is 0 Å². The molecule has 11 heteroatoms. The molecular formula is C36H40F3N5O3. The van der Waals surface area contributed by atoms with Crippen molar-refractivity contribution >= 4 is 27.5 Å². The van der Waals surface area contributed by atoms with Crippen LogP contribution in [0, 0.1) is 23.5 Å². The molecule has 2 unspecified atom stereocenters. The zero-order valence-electron chi connectivity index (χ0n) is 26.7. The Balaban J connectivity index is 1.22. The summed E-state index contributed by atoms with van der Waals surface area (Å²) in [5.74, 6) is 0.401. The summed E-state index contributed by atoms with van der Waals surface area (Å²) < 4.78 is 58.3. The smallest absolute Gasteiger partial charge is 0.319 e. The lowest BCUT2D eigenvalue weighted by molar-refractivity contribution is 0.107. The van der Waals surface area contributed by atoms with E-state index in [1.807, 2.05) is 6.92 Å². The molecule has 4 saturated heterocycles. The largest absolute Gasteiger partial charge is 0.508 e. The number of fused-ring (bicyclic) bond motifs is 3. The first-order valence-corrected chi connectivity index (χ1v) is 17.0. The Kier molecular flexibility index (Phi) is 7.87. The van der Waals surface area contributed by atoms with E-state index in [-0.39, 0.29) is 29.6 Å². The lowest BCUT2D eigenvalue weighted by atomic mass is 9.93. The van der Waals surface area contributed by atoms with E-state index in [2.05, 4.69) is 19.8 Å². The highest BCUT2D eigenvalue weighted by Crippen LogP contribution is 2.42. The Morgan fingerprint density at radius 2 is 2.00 bits per heavy atom. The molecule has 0 spiro atoms. The average molecular weight is 648 g/mol. The monoisotopic (exact) mass is 647 g/mol. The third-order valence-corrected chi connectivity index (χ3v) is 10.9. The number of pyridine rings is 1. The summed E-state index contributed by atoms with van der Waals surface area (Å²) in [6, 6.07) is 5.95. The summed E-state index contributed by atoms with van der Waals surface area (Å²) >= 11 is 0. The predicted molar refractivity (Wildman–Crippen MR) is 174 cm³/mol. The van der Waals surface area contributed by atoms with Gasteiger partial charge in [0.15, 0.2) is 5.82 Å². The van der Waals surface area contributed by atoms with E-state index in [0.29, 0.717) is 64.3 Å². The third-order valence-electron chi connectivity index (χ3n) is 10.9. The molecule has 0 bridgehead atoms. The van der Waals surface area contributed by atoms with Crippen LogP contribution in [-0.2, 0) is 11.2 Å². The molecular weight excluding hydrogens is 607 g/mol. The Bertz CT molecular complexity index is 1840. The Morgan fingerprint density at radius 3 is 2.83 bits per heavy atom. The van der Waals surface area contributed by atoms with E-state index in [0.717, 1.165) is 65.0 Å². The van der Waals surface area contributed by atoms with Crippen LogP contribution in [0.15, 0.2) is 30.5 Å². The minimum Gasteiger partial charge on any atom is -0.508 e. The van der Waals surface area contributed by atoms with Gasteiger partial charge in [-0.15, -0.1) is 0 Å². The first-order valence-electron chi connectivity index (χ1n) is 17.0. The Labute approximate surface area is 271 Å². The molecule has 0 saturated carbocycles. The molecule has 4 aliphatic rings. The number of halogens is 3. The molecule has 1 N–H and O–H groups in total. The number of benzene rings is 2. The maximum atomic E-state index is 16.9. The SMILES string of the molecule is CCc1c(F)ccc2cc(O)cc(-c3ncc4c(N5CCC(CC6CCOC6)C5)nc(OC[C@@]56CCCN5C[C@H](F)C6)nc4c3F)c12. The number of aromatic hydroxyl groups is 1. The lowest BCUT2D eigenvalue weighted by Crippen LogP contribution is -2.43. The number of alkyl halides is 1. The van der Waals surface area contributed by atoms with Gasteiger partial charge < -0.3 is 19.5 Å². The molecule has 8 rings (SSSR count). The molecule has 4 aromatic rings. The van der Waals surface area contributed by atoms with E-state index < -0.39 is 23.3 Å². The zero-order valence-corrected chi connectivity index (χ0v) is 26.7. The summed E-state index contributed by atoms with van der Waals surface area (Å²) in [6.07, 6.45) is 6.39. The Morgan fingerprint density at radius 1 is 1.11 bits per heavy atom. The number of ether oxygens (including phenoxy) is 2. The number of aryl methyl sites for hydroxylation is 1. The van der Waals surface area contributed by atoms with Crippen LogP contribution in [0.25, 0.3) is 32.9 Å². The third kappa shape index (κ3) is 5.45. The summed E-state index contributed by atoms with van der Waals surface area (Å²) in [7, 11) is 0. The maximum absolute atomic E-state index is 16.9. The molecule has 0 amide bonds. The zero-order chi connectivity index (χ0) is 32.3. The molecule has 0 radical (unpaired) electrons. The van der Waals surface area contributed by atoms with Gasteiger partial charge in [-0.05, 0) is 91.4 Å². The van der Waals surface area contributed by atoms with Crippen molar-refractivity contribution in [3.8, 4) is 23.0 Å². The van der Waals surface area contributed by atoms with Gasteiger partial charge >= 0.3 is 6.01 Å². The van der Waals surface area contributed by atoms with Crippen LogP contribution in [-0.4, -0.2) is 82.7 Å². The van der Waals surface area contributed by atoms with Crippen LogP contribution < -0.4 is 9.64 Å². The van der Waals surface area contributed by atoms with Crippen LogP contribution in [0.3, 0.4) is 0 Å². The van der Waals surface area contributed by atoms with Gasteiger partial charge in [0, 0.05) is 51.0 Å². The highest BCUT2D eigenvalue weighted by molar-refractivity contribution is 6.01. The van der Waals surface area contributed by atoms with Crippen molar-refractivity contribution in [1.82, 2.24) is 19.9 Å². The molecule has 47 heavy (non-hydrogen) atoms. The number of phenols is 1. The van der Waals surface area contributed by atoms with Gasteiger partial charge in [-0.2, -0.15) is 9.97 Å². The molecule has 248 valence electrons. The summed E-state index contributed by atoms with van der Waals surface area (Å²) in [4.78, 5) is 18.4. The van der Waals surface area contributed by atoms with Crippen molar-refractivity contribution in [2.75, 3.05) is 50.9 Å². The van der Waals surface area contributed by atoms with Gasteiger partial charge in [0.25, 0.3) is 0 Å². The number of hydrogen-bond donors (Lipinski definition) is 1. The normalized spacial score (nSPS) is 26.2. The summed E-state index contributed by atoms with van der Waals surface area (Å²) in [6.45, 7) is 6.42. The van der Waals surface area contributed by atoms with E-state index in [1.54, 1.807) is 18.3 Å². The fraction of sp³-hybridized carbons (Fsp3) is 0.528. The van der Waals surface area contributed by atoms with Crippen molar-refractivity contribution in [3.63, 3.8) is 0 Å². The molecule has 8 nitrogen and oxygen atoms in total. The van der Waals surface area contributed by atoms with E-state index in [1.165, 1.54) is 12.1 Å². The van der Waals surface area contributed by atoms with E-state index in [9.17, 15) is 13.9 Å². The van der Waals surface area contributed by atoms with E-state index >= 15 is 4.39 Å². The average Bonchev–Trinajstić information content (AvgIpc) is 3.86. The van der Waals surface area contributed by atoms with Gasteiger partial charge in [0.05, 0.1) is 10.9 Å². The molecule has 6 heterocycles. The van der Waals surface area contributed by atoms with Crippen molar-refractivity contribution in [3.05, 3.63) is 47.7 Å². The number of hydrogen-bond acceptors (Lipinski definition) is 8. The molecule has 2 aromatic carbocycles. The van der Waals surface area contributed by atoms with Crippen LogP contribution in [0.2, 0.25) is 0 Å². The molecule has 2 aromatic heterocycles. The summed E-state index contributed by atoms with van der Waals surface area (Å²) in [5, 5.41) is 12.1. The van der Waals surface area contributed by atoms with Crippen LogP contribution in [0.5, 0.6) is 11.8 Å². The minimum atomic E-state index is -0.903. The number of rotatable bonds is 8. The second kappa shape index (κ2) is 12.1. The standard InChI is InChI=1S/C36H40F3N5O3/c1-2-26-29(38)5-4-23-13-25(45)14-27(30(23)26)32-31(39)33-28(16-40-32)34(43-10-6-21(17-43)12-22-7-11-46-19-22)42-35(41-33)47-20-36-8-3-9-44(36)18-24(37)15-36/h4-5,13-14,16,21-22,24,45H,2-3,6-12,15,17-20H2,1H3/t21?,22?,24-,36+/m1/s1. The number of phenolic OH excluding ortho intramolecular Hbond substituents is 1. The minimum absolute atomic E-state index is 0.0357. The van der Waals surface area contributed by atoms with Crippen molar-refractivity contribution in [2.45, 2.75) is 63.6 Å². The first-order chi connectivity index (χ1) is 22.8. The van der Waals surface area contributed by atoms with Gasteiger partial charge in [0.1, 0.15) is 41.4 Å². The predicted octanol–water partition coefficient (Wildman–Crippen LogP) is 6.60. The highest BCUT2D eigenvalue weighted by atomic mass is 19.1. The van der Waals surface area contributed by atoms with Crippen molar-refractivity contribution in [2.24, 2.45) is 11.8 Å². The second-order valence-corrected chi connectivity index (χ2v) is 13.9. The van der Waals surface area contributed by atoms with Gasteiger partial charge in [-0.3, -0.25) is 9.88 Å². The molecule has 0 aliphatic carbocycles. The first kappa shape index (κ1) is 30.6. The molecule has 4 atom stereocenters. The fourth-order valence-corrected chi connectivity index (χ4v) is 8.65. The topological polar surface area (TPSA) is 83.8 Å². The number of anilines is 1.